The molecule has 1 atom stereocenters. The maximum absolute atomic E-state index is 15.1. The minimum absolute atomic E-state index is 0.0633. The van der Waals surface area contributed by atoms with E-state index in [1.807, 2.05) is 24.0 Å². The van der Waals surface area contributed by atoms with Crippen molar-refractivity contribution < 1.29 is 19.0 Å². The molecule has 0 aliphatic carbocycles. The molecule has 0 saturated carbocycles. The number of carboxylic acids is 1. The van der Waals surface area contributed by atoms with Crippen molar-refractivity contribution in [1.82, 2.24) is 19.5 Å². The molecule has 10 nitrogen and oxygen atoms in total. The second-order valence-corrected chi connectivity index (χ2v) is 9.00. The summed E-state index contributed by atoms with van der Waals surface area (Å²) >= 11 is 4.49. The summed E-state index contributed by atoms with van der Waals surface area (Å²) in [6, 6.07) is 6.43. The van der Waals surface area contributed by atoms with E-state index in [0.29, 0.717) is 56.5 Å². The highest BCUT2D eigenvalue weighted by Gasteiger charge is 2.29. The van der Waals surface area contributed by atoms with Gasteiger partial charge in [0.25, 0.3) is 0 Å². The lowest BCUT2D eigenvalue weighted by Gasteiger charge is -2.37. The number of hydrogen-bond acceptors (Lipinski definition) is 9. The lowest BCUT2D eigenvalue weighted by Crippen LogP contribution is -2.50. The summed E-state index contributed by atoms with van der Waals surface area (Å²) in [4.78, 5) is 32.2. The quantitative estimate of drug-likeness (QED) is 0.485. The Labute approximate surface area is 211 Å². The average molecular weight is 513 g/mol. The van der Waals surface area contributed by atoms with Gasteiger partial charge in [-0.1, -0.05) is 0 Å². The maximum Gasteiger partial charge on any atom is 0.341 e. The minimum Gasteiger partial charge on any atom is -0.477 e. The number of piperazine rings is 1. The molecule has 1 aromatic carbocycles. The van der Waals surface area contributed by atoms with Crippen molar-refractivity contribution in [3.05, 3.63) is 70.0 Å². The summed E-state index contributed by atoms with van der Waals surface area (Å²) < 4.78 is 22.6. The number of carbonyl (C=O) groups is 1. The summed E-state index contributed by atoms with van der Waals surface area (Å²) in [7, 11) is 0. The molecule has 36 heavy (non-hydrogen) atoms. The van der Waals surface area contributed by atoms with Gasteiger partial charge in [0.15, 0.2) is 0 Å². The van der Waals surface area contributed by atoms with Crippen LogP contribution in [0, 0.1) is 5.82 Å². The van der Waals surface area contributed by atoms with Gasteiger partial charge in [-0.15, -0.1) is 17.7 Å². The van der Waals surface area contributed by atoms with E-state index in [0.717, 1.165) is 11.6 Å². The summed E-state index contributed by atoms with van der Waals surface area (Å²) in [5.41, 5.74) is 0.166. The number of benzene rings is 1. The van der Waals surface area contributed by atoms with Crippen molar-refractivity contribution in [2.45, 2.75) is 19.0 Å². The molecule has 1 N–H and O–H groups in total. The van der Waals surface area contributed by atoms with Crippen LogP contribution in [0.4, 0.5) is 10.1 Å². The fourth-order valence-electron chi connectivity index (χ4n) is 4.46. The molecule has 0 bridgehead atoms. The predicted octanol–water partition coefficient (Wildman–Crippen LogP) is 2.24. The summed E-state index contributed by atoms with van der Waals surface area (Å²) in [5.74, 6) is -1.38. The van der Waals surface area contributed by atoms with Gasteiger partial charge in [-0.2, -0.15) is 0 Å². The Balaban J connectivity index is 1.31. The molecule has 4 heterocycles. The Morgan fingerprint density at radius 3 is 2.61 bits per heavy atom. The molecule has 12 heteroatoms. The zero-order chi connectivity index (χ0) is 25.4. The van der Waals surface area contributed by atoms with E-state index in [1.54, 1.807) is 28.0 Å². The number of halogens is 1. The highest BCUT2D eigenvalue weighted by atomic mass is 32.1. The number of anilines is 1. The van der Waals surface area contributed by atoms with E-state index >= 15 is 4.39 Å². The largest absolute Gasteiger partial charge is 0.477 e. The van der Waals surface area contributed by atoms with E-state index in [2.05, 4.69) is 27.6 Å². The first kappa shape index (κ1) is 24.1. The number of rotatable bonds is 6. The van der Waals surface area contributed by atoms with Crippen molar-refractivity contribution >= 4 is 41.1 Å². The van der Waals surface area contributed by atoms with Crippen LogP contribution in [0.1, 0.15) is 22.8 Å². The predicted molar refractivity (Wildman–Crippen MR) is 136 cm³/mol. The van der Waals surface area contributed by atoms with Gasteiger partial charge >= 0.3 is 5.97 Å². The minimum atomic E-state index is -1.33. The number of nitrogens with zero attached hydrogens (tertiary/aromatic N) is 6. The maximum atomic E-state index is 15.1. The van der Waals surface area contributed by atoms with Gasteiger partial charge in [0.05, 0.1) is 17.9 Å². The standard InChI is InChI=1S/C24H25FN6O4S/c1-2-29-13-17(23(33)34)21(32)16-11-18(25)20(12-19(16)29)30-9-7-28(8-10-30)14-31-24(36)35-22(27-31)15-3-5-26-6-4-15/h3-6,11-13,24,36H,2,7-10,14H2,1H3,(H,33,34). The van der Waals surface area contributed by atoms with Crippen LogP contribution in [0.2, 0.25) is 0 Å². The van der Waals surface area contributed by atoms with Crippen LogP contribution in [-0.2, 0) is 11.3 Å². The molecular weight excluding hydrogens is 487 g/mol. The number of fused-ring (bicyclic) bond motifs is 1. The molecule has 2 aromatic heterocycles. The Morgan fingerprint density at radius 1 is 1.22 bits per heavy atom. The SMILES string of the molecule is CCn1cc(C(=O)O)c(=O)c2cc(F)c(N3CCN(CN4N=C(c5ccncc5)OC4S)CC3)cc21. The fraction of sp³-hybridized carbons (Fsp3) is 0.333. The summed E-state index contributed by atoms with van der Waals surface area (Å²) in [5, 5.41) is 15.7. The molecule has 2 aliphatic heterocycles. The second kappa shape index (κ2) is 9.78. The smallest absolute Gasteiger partial charge is 0.341 e. The Morgan fingerprint density at radius 2 is 1.94 bits per heavy atom. The van der Waals surface area contributed by atoms with Crippen LogP contribution in [0.5, 0.6) is 0 Å². The number of thiol groups is 1. The van der Waals surface area contributed by atoms with Crippen LogP contribution in [0.25, 0.3) is 10.9 Å². The lowest BCUT2D eigenvalue weighted by atomic mass is 10.1. The van der Waals surface area contributed by atoms with Crippen LogP contribution in [-0.4, -0.2) is 74.8 Å². The van der Waals surface area contributed by atoms with Crippen molar-refractivity contribution in [2.75, 3.05) is 37.7 Å². The van der Waals surface area contributed by atoms with Gasteiger partial charge in [0.2, 0.25) is 16.9 Å². The van der Waals surface area contributed by atoms with E-state index < -0.39 is 22.8 Å². The third kappa shape index (κ3) is 4.49. The van der Waals surface area contributed by atoms with Gasteiger partial charge in [-0.3, -0.25) is 14.7 Å². The highest BCUT2D eigenvalue weighted by molar-refractivity contribution is 7.80. The lowest BCUT2D eigenvalue weighted by molar-refractivity contribution is 0.0669. The monoisotopic (exact) mass is 512 g/mol. The van der Waals surface area contributed by atoms with E-state index in [4.69, 9.17) is 4.74 Å². The van der Waals surface area contributed by atoms with Crippen molar-refractivity contribution in [1.29, 1.82) is 0 Å². The molecule has 3 aromatic rings. The summed E-state index contributed by atoms with van der Waals surface area (Å²) in [6.45, 7) is 5.25. The molecule has 1 saturated heterocycles. The Hall–Kier alpha value is -3.64. The number of hydrogen-bond donors (Lipinski definition) is 2. The van der Waals surface area contributed by atoms with Crippen LogP contribution in [0.3, 0.4) is 0 Å². The molecule has 1 fully saturated rings. The topological polar surface area (TPSA) is 104 Å². The number of aromatic nitrogens is 2. The molecule has 1 unspecified atom stereocenters. The number of pyridine rings is 2. The van der Waals surface area contributed by atoms with Gasteiger partial charge in [0.1, 0.15) is 11.4 Å². The van der Waals surface area contributed by atoms with Crippen LogP contribution in [0.15, 0.2) is 52.8 Å². The Bertz CT molecular complexity index is 1390. The number of hydrazone groups is 1. The molecular formula is C24H25FN6O4S. The molecule has 0 radical (unpaired) electrons. The van der Waals surface area contributed by atoms with E-state index in [-0.39, 0.29) is 10.9 Å². The van der Waals surface area contributed by atoms with Crippen molar-refractivity contribution in [3.63, 3.8) is 0 Å². The van der Waals surface area contributed by atoms with E-state index in [1.165, 1.54) is 6.20 Å². The van der Waals surface area contributed by atoms with Gasteiger partial charge in [0, 0.05) is 62.3 Å². The molecule has 2 aliphatic rings. The average Bonchev–Trinajstić information content (AvgIpc) is 3.25. The van der Waals surface area contributed by atoms with Crippen LogP contribution < -0.4 is 10.3 Å². The number of carboxylic acid groups (broad SMARTS) is 1. The van der Waals surface area contributed by atoms with Gasteiger partial charge in [-0.05, 0) is 31.2 Å². The Kier molecular flexibility index (Phi) is 6.54. The first-order valence-electron chi connectivity index (χ1n) is 11.5. The molecule has 0 amide bonds. The highest BCUT2D eigenvalue weighted by Crippen LogP contribution is 2.27. The fourth-order valence-corrected chi connectivity index (χ4v) is 4.69. The number of aromatic carboxylic acids is 1. The molecule has 0 spiro atoms. The van der Waals surface area contributed by atoms with Gasteiger partial charge < -0.3 is 19.3 Å². The van der Waals surface area contributed by atoms with Crippen molar-refractivity contribution in [3.8, 4) is 0 Å². The number of aryl methyl sites for hydroxylation is 1. The zero-order valence-corrected chi connectivity index (χ0v) is 20.4. The van der Waals surface area contributed by atoms with Crippen molar-refractivity contribution in [2.24, 2.45) is 5.10 Å². The second-order valence-electron chi connectivity index (χ2n) is 8.55. The zero-order valence-electron chi connectivity index (χ0n) is 19.5. The van der Waals surface area contributed by atoms with E-state index in [9.17, 15) is 14.7 Å². The first-order valence-corrected chi connectivity index (χ1v) is 12.0. The third-order valence-electron chi connectivity index (χ3n) is 6.40. The van der Waals surface area contributed by atoms with Crippen LogP contribution >= 0.6 is 12.6 Å². The van der Waals surface area contributed by atoms with Gasteiger partial charge in [-0.25, -0.2) is 14.2 Å². The molecule has 5 rings (SSSR count). The number of ether oxygens (including phenoxy) is 1. The first-order chi connectivity index (χ1) is 17.4. The summed E-state index contributed by atoms with van der Waals surface area (Å²) in [6.07, 6.45) is 4.67. The third-order valence-corrected chi connectivity index (χ3v) is 6.77. The normalized spacial score (nSPS) is 18.4. The molecule has 188 valence electrons.